The van der Waals surface area contributed by atoms with Gasteiger partial charge in [-0.3, -0.25) is 43.7 Å². The van der Waals surface area contributed by atoms with Gasteiger partial charge in [0.2, 0.25) is 47.3 Å². The zero-order valence-electron chi connectivity index (χ0n) is 44.7. The lowest BCUT2D eigenvalue weighted by atomic mass is 10.0. The number of aliphatic hydroxyl groups excluding tert-OH is 1. The number of aliphatic hydroxyl groups is 1. The third-order valence-corrected chi connectivity index (χ3v) is 14.2. The molecule has 1 aromatic heterocycles. The van der Waals surface area contributed by atoms with E-state index in [2.05, 4.69) is 67.5 Å². The molecular weight excluding hydrogens is 1070 g/mol. The van der Waals surface area contributed by atoms with Crippen molar-refractivity contribution in [2.75, 3.05) is 18.1 Å². The Hall–Kier alpha value is -7.80. The number of benzene rings is 5. The maximum atomic E-state index is 14.8. The van der Waals surface area contributed by atoms with Gasteiger partial charge < -0.3 is 64.3 Å². The molecule has 0 radical (unpaired) electrons. The van der Waals surface area contributed by atoms with E-state index in [1.165, 1.54) is 19.1 Å². The van der Waals surface area contributed by atoms with Gasteiger partial charge in [0.25, 0.3) is 0 Å². The van der Waals surface area contributed by atoms with Crippen LogP contribution in [-0.2, 0) is 64.0 Å². The van der Waals surface area contributed by atoms with Crippen LogP contribution in [0.15, 0.2) is 128 Å². The number of aromatic hydroxyl groups is 1. The molecule has 1 heterocycles. The second-order valence-electron chi connectivity index (χ2n) is 19.8. The first-order valence-electron chi connectivity index (χ1n) is 26.5. The van der Waals surface area contributed by atoms with E-state index in [4.69, 9.17) is 17.2 Å². The number of amides is 8. The lowest BCUT2D eigenvalue weighted by Crippen LogP contribution is -2.62. The van der Waals surface area contributed by atoms with Gasteiger partial charge in [-0.25, -0.2) is 0 Å². The third-order valence-electron chi connectivity index (χ3n) is 13.5. The molecule has 8 amide bonds. The fourth-order valence-corrected chi connectivity index (χ4v) is 9.46. The van der Waals surface area contributed by atoms with E-state index < -0.39 is 102 Å². The van der Waals surface area contributed by atoms with Crippen LogP contribution in [0.3, 0.4) is 0 Å². The second-order valence-corrected chi connectivity index (χ2v) is 20.5. The van der Waals surface area contributed by atoms with Gasteiger partial charge in [-0.2, -0.15) is 25.3 Å². The number of unbranched alkanes of at least 4 members (excludes halogenated alkanes) is 1. The van der Waals surface area contributed by atoms with Gasteiger partial charge in [0, 0.05) is 41.4 Å². The summed E-state index contributed by atoms with van der Waals surface area (Å²) in [6.45, 7) is 1.46. The number of aromatic nitrogens is 1. The summed E-state index contributed by atoms with van der Waals surface area (Å²) in [7, 11) is 0. The summed E-state index contributed by atoms with van der Waals surface area (Å²) < 4.78 is 0. The summed E-state index contributed by atoms with van der Waals surface area (Å²) in [5.41, 5.74) is 21.6. The van der Waals surface area contributed by atoms with Crippen LogP contribution in [0.2, 0.25) is 0 Å². The molecule has 0 spiro atoms. The third kappa shape index (κ3) is 18.4. The number of phenolic OH excluding ortho intramolecular Hbond substituents is 1. The van der Waals surface area contributed by atoms with Gasteiger partial charge in [0.15, 0.2) is 0 Å². The summed E-state index contributed by atoms with van der Waals surface area (Å²) in [5, 5.41) is 41.6. The maximum absolute atomic E-state index is 14.8. The summed E-state index contributed by atoms with van der Waals surface area (Å²) >= 11 is 8.53. The van der Waals surface area contributed by atoms with Crippen LogP contribution < -0.4 is 54.4 Å². The Morgan fingerprint density at radius 2 is 1.04 bits per heavy atom. The zero-order chi connectivity index (χ0) is 58.6. The molecule has 23 heteroatoms. The van der Waals surface area contributed by atoms with E-state index in [1.807, 2.05) is 78.9 Å². The molecule has 9 atom stereocenters. The number of rotatable bonds is 29. The SMILES string of the molecule is C[C@@H](O)[C@H](NC(=O)[C@H](CCCCN)NC(=O)[C@@H](Cc1c[nH]c2ccccc12)NC(=O)[C@H](Cc1ccc(O)cc1)NC(=O)[C@H](CS)NC(=O)[C@H](N)Cc1ccccc1)C(=O)N[C@@H](CS)C(=O)NC(=O)[C@@H](N)Cc1ccc2ccccc2c1. The van der Waals surface area contributed by atoms with E-state index in [0.717, 1.165) is 32.8 Å². The Bertz CT molecular complexity index is 3130. The number of nitrogens with one attached hydrogen (secondary N) is 8. The van der Waals surface area contributed by atoms with Crippen molar-refractivity contribution in [2.24, 2.45) is 17.2 Å². The number of carbonyl (C=O) groups excluding carboxylic acids is 8. The highest BCUT2D eigenvalue weighted by molar-refractivity contribution is 7.80. The molecule has 0 saturated heterocycles. The lowest BCUT2D eigenvalue weighted by molar-refractivity contribution is -0.137. The van der Waals surface area contributed by atoms with Crippen molar-refractivity contribution >= 4 is 94.2 Å². The second kappa shape index (κ2) is 30.7. The quantitative estimate of drug-likeness (QED) is 0.0229. The number of aromatic amines is 1. The Morgan fingerprint density at radius 1 is 0.519 bits per heavy atom. The van der Waals surface area contributed by atoms with Gasteiger partial charge in [-0.15, -0.1) is 0 Å². The van der Waals surface area contributed by atoms with E-state index >= 15 is 0 Å². The van der Waals surface area contributed by atoms with Crippen molar-refractivity contribution in [1.82, 2.24) is 42.2 Å². The number of phenols is 1. The molecule has 5 aromatic carbocycles. The normalized spacial score (nSPS) is 14.6. The smallest absolute Gasteiger partial charge is 0.250 e. The van der Waals surface area contributed by atoms with Gasteiger partial charge in [-0.05, 0) is 96.8 Å². The van der Waals surface area contributed by atoms with E-state index in [-0.39, 0.29) is 55.9 Å². The number of carbonyl (C=O) groups is 8. The number of para-hydroxylation sites is 1. The van der Waals surface area contributed by atoms with Gasteiger partial charge in [0.1, 0.15) is 42.0 Å². The predicted octanol–water partition coefficient (Wildman–Crippen LogP) is 0.873. The predicted molar refractivity (Wildman–Crippen MR) is 315 cm³/mol. The molecule has 0 unspecified atom stereocenters. The van der Waals surface area contributed by atoms with Gasteiger partial charge in [-0.1, -0.05) is 103 Å². The Balaban J connectivity index is 1.18. The standard InChI is InChI=1S/C58H71N11O10S2/c1-33(70)50(58(79)67-49(32-81)57(78)69-52(73)43(61)27-36-18-21-37-13-5-6-14-38(37)25-36)68-53(74)45(17-9-10-24-59)63-55(76)47(29-39-30-62-44-16-8-7-15-41(39)44)65-54(75)46(28-35-19-22-40(71)23-20-35)64-56(77)48(31-80)66-51(72)42(60)26-34-11-3-2-4-12-34/h2-8,11-16,18-23,25,30,33,42-43,45-50,62,70-71,80-81H,9-10,17,24,26-29,31-32,59-61H2,1H3,(H,63,76)(H,64,77)(H,65,75)(H,66,72)(H,67,79)(H,68,74)(H,69,73,78)/t33-,42-,43+,45+,46+,47-,48+,49+,50+/m1/s1. The first-order valence-corrected chi connectivity index (χ1v) is 27.8. The number of fused-ring (bicyclic) bond motifs is 2. The van der Waals surface area contributed by atoms with Crippen molar-refractivity contribution in [3.05, 3.63) is 150 Å². The topological polar surface area (TPSA) is 355 Å². The molecule has 6 rings (SSSR count). The highest BCUT2D eigenvalue weighted by Gasteiger charge is 2.36. The lowest BCUT2D eigenvalue weighted by Gasteiger charge is -2.28. The Labute approximate surface area is 479 Å². The number of imide groups is 1. The molecule has 81 heavy (non-hydrogen) atoms. The van der Waals surface area contributed by atoms with Gasteiger partial charge >= 0.3 is 0 Å². The molecule has 21 nitrogen and oxygen atoms in total. The Morgan fingerprint density at radius 3 is 1.70 bits per heavy atom. The fourth-order valence-electron chi connectivity index (χ4n) is 8.95. The summed E-state index contributed by atoms with van der Waals surface area (Å²) in [5.74, 6) is -7.35. The first kappa shape index (κ1) is 62.4. The summed E-state index contributed by atoms with van der Waals surface area (Å²) in [6, 6.07) is 24.6. The van der Waals surface area contributed by atoms with Crippen LogP contribution in [-0.4, -0.2) is 135 Å². The molecule has 0 fully saturated rings. The summed E-state index contributed by atoms with van der Waals surface area (Å²) in [6.07, 6.45) is 0.789. The average Bonchev–Trinajstić information content (AvgIpc) is 3.95. The van der Waals surface area contributed by atoms with Crippen LogP contribution in [0.5, 0.6) is 5.75 Å². The minimum absolute atomic E-state index is 0.0225. The Kier molecular flexibility index (Phi) is 23.6. The number of hydrogen-bond acceptors (Lipinski definition) is 15. The van der Waals surface area contributed by atoms with Crippen molar-refractivity contribution in [2.45, 2.75) is 106 Å². The molecule has 430 valence electrons. The largest absolute Gasteiger partial charge is 0.508 e. The minimum Gasteiger partial charge on any atom is -0.508 e. The fraction of sp³-hybridized carbons (Fsp3) is 0.345. The molecular formula is C58H71N11O10S2. The first-order chi connectivity index (χ1) is 38.9. The van der Waals surface area contributed by atoms with Crippen LogP contribution in [0.4, 0.5) is 0 Å². The van der Waals surface area contributed by atoms with Crippen LogP contribution in [0.1, 0.15) is 48.4 Å². The average molecular weight is 1150 g/mol. The maximum Gasteiger partial charge on any atom is 0.250 e. The van der Waals surface area contributed by atoms with Crippen molar-refractivity contribution in [3.8, 4) is 5.75 Å². The highest BCUT2D eigenvalue weighted by atomic mass is 32.1. The molecule has 0 saturated carbocycles. The van der Waals surface area contributed by atoms with Gasteiger partial charge in [0.05, 0.1) is 18.2 Å². The number of nitrogens with two attached hydrogens (primary N) is 3. The molecule has 0 bridgehead atoms. The van der Waals surface area contributed by atoms with Crippen LogP contribution in [0, 0.1) is 0 Å². The number of thiol groups is 2. The van der Waals surface area contributed by atoms with Crippen LogP contribution >= 0.6 is 25.3 Å². The molecule has 0 aliphatic rings. The zero-order valence-corrected chi connectivity index (χ0v) is 46.5. The minimum atomic E-state index is -1.70. The van der Waals surface area contributed by atoms with E-state index in [9.17, 15) is 48.6 Å². The number of hydrogen-bond donors (Lipinski definition) is 15. The molecule has 0 aliphatic carbocycles. The van der Waals surface area contributed by atoms with Crippen LogP contribution in [0.25, 0.3) is 21.7 Å². The van der Waals surface area contributed by atoms with E-state index in [0.29, 0.717) is 24.0 Å². The monoisotopic (exact) mass is 1150 g/mol. The molecule has 0 aliphatic heterocycles. The van der Waals surface area contributed by atoms with E-state index in [1.54, 1.807) is 36.5 Å². The number of H-pyrrole nitrogens is 1. The van der Waals surface area contributed by atoms with Crippen molar-refractivity contribution < 1.29 is 48.6 Å². The highest BCUT2D eigenvalue weighted by Crippen LogP contribution is 2.21. The molecule has 6 aromatic rings. The molecule has 16 N–H and O–H groups in total. The summed E-state index contributed by atoms with van der Waals surface area (Å²) in [4.78, 5) is 115. The van der Waals surface area contributed by atoms with Crippen molar-refractivity contribution in [1.29, 1.82) is 0 Å². The van der Waals surface area contributed by atoms with Crippen molar-refractivity contribution in [3.63, 3.8) is 0 Å².